The maximum Gasteiger partial charge on any atom is 0.191 e. The van der Waals surface area contributed by atoms with E-state index in [0.29, 0.717) is 24.6 Å². The molecule has 0 bridgehead atoms. The lowest BCUT2D eigenvalue weighted by Gasteiger charge is -2.11. The zero-order chi connectivity index (χ0) is 22.1. The Morgan fingerprint density at radius 1 is 0.935 bits per heavy atom. The number of ether oxygens (including phenoxy) is 3. The molecule has 0 unspecified atom stereocenters. The Bertz CT molecular complexity index is 999. The van der Waals surface area contributed by atoms with Crippen molar-refractivity contribution in [2.75, 3.05) is 27.9 Å². The van der Waals surface area contributed by atoms with E-state index in [4.69, 9.17) is 14.2 Å². The average molecular weight is 424 g/mol. The lowest BCUT2D eigenvalue weighted by atomic mass is 10.2. The molecular formula is C23H29N5O3. The lowest BCUT2D eigenvalue weighted by molar-refractivity contribution is 0.354. The van der Waals surface area contributed by atoms with Crippen molar-refractivity contribution in [2.45, 2.75) is 20.0 Å². The van der Waals surface area contributed by atoms with Crippen molar-refractivity contribution in [3.8, 4) is 22.9 Å². The summed E-state index contributed by atoms with van der Waals surface area (Å²) in [5.41, 5.74) is 2.91. The van der Waals surface area contributed by atoms with Gasteiger partial charge in [0.2, 0.25) is 0 Å². The molecule has 0 aliphatic carbocycles. The molecule has 1 heterocycles. The molecule has 164 valence electrons. The van der Waals surface area contributed by atoms with Crippen LogP contribution in [0.4, 0.5) is 0 Å². The highest BCUT2D eigenvalue weighted by Gasteiger charge is 2.06. The van der Waals surface area contributed by atoms with Gasteiger partial charge in [-0.1, -0.05) is 6.07 Å². The first-order valence-electron chi connectivity index (χ1n) is 10.1. The van der Waals surface area contributed by atoms with Gasteiger partial charge in [0.05, 0.1) is 45.8 Å². The van der Waals surface area contributed by atoms with Crippen molar-refractivity contribution in [3.63, 3.8) is 0 Å². The normalized spacial score (nSPS) is 11.2. The zero-order valence-electron chi connectivity index (χ0n) is 18.4. The molecule has 31 heavy (non-hydrogen) atoms. The van der Waals surface area contributed by atoms with Crippen LogP contribution < -0.4 is 24.8 Å². The summed E-state index contributed by atoms with van der Waals surface area (Å²) in [7, 11) is 4.90. The summed E-state index contributed by atoms with van der Waals surface area (Å²) in [5.74, 6) is 2.93. The summed E-state index contributed by atoms with van der Waals surface area (Å²) >= 11 is 0. The Balaban J connectivity index is 1.63. The first-order valence-corrected chi connectivity index (χ1v) is 10.1. The lowest BCUT2D eigenvalue weighted by Crippen LogP contribution is -2.36. The van der Waals surface area contributed by atoms with E-state index in [2.05, 4.69) is 20.7 Å². The molecule has 2 N–H and O–H groups in total. The second-order valence-electron chi connectivity index (χ2n) is 6.69. The highest BCUT2D eigenvalue weighted by atomic mass is 16.5. The number of nitrogens with one attached hydrogen (secondary N) is 2. The van der Waals surface area contributed by atoms with Gasteiger partial charge >= 0.3 is 0 Å². The minimum Gasteiger partial charge on any atom is -0.497 e. The SMILES string of the molecule is CCNC(=NCc1ccc(OC)c(OC)c1)NCc1ccn(-c2ccc(OC)cc2)n1. The number of hydrogen-bond donors (Lipinski definition) is 2. The van der Waals surface area contributed by atoms with E-state index in [1.807, 2.05) is 66.3 Å². The van der Waals surface area contributed by atoms with Crippen LogP contribution >= 0.6 is 0 Å². The first kappa shape index (κ1) is 22.0. The number of hydrogen-bond acceptors (Lipinski definition) is 5. The Morgan fingerprint density at radius 2 is 1.71 bits per heavy atom. The number of aliphatic imine (C=N–C) groups is 1. The summed E-state index contributed by atoms with van der Waals surface area (Å²) in [6, 6.07) is 15.5. The number of aromatic nitrogens is 2. The van der Waals surface area contributed by atoms with E-state index in [1.165, 1.54) is 0 Å². The van der Waals surface area contributed by atoms with Gasteiger partial charge in [-0.2, -0.15) is 5.10 Å². The van der Waals surface area contributed by atoms with Crippen LogP contribution in [0.15, 0.2) is 59.7 Å². The number of benzene rings is 2. The fourth-order valence-corrected chi connectivity index (χ4v) is 3.00. The molecule has 0 amide bonds. The summed E-state index contributed by atoms with van der Waals surface area (Å²) in [4.78, 5) is 4.66. The van der Waals surface area contributed by atoms with Gasteiger partial charge in [0.1, 0.15) is 5.75 Å². The minimum atomic E-state index is 0.510. The Hall–Kier alpha value is -3.68. The monoisotopic (exact) mass is 423 g/mol. The maximum atomic E-state index is 5.37. The smallest absolute Gasteiger partial charge is 0.191 e. The number of methoxy groups -OCH3 is 3. The van der Waals surface area contributed by atoms with E-state index >= 15 is 0 Å². The third-order valence-electron chi connectivity index (χ3n) is 4.63. The van der Waals surface area contributed by atoms with Gasteiger partial charge in [0.25, 0.3) is 0 Å². The van der Waals surface area contributed by atoms with Gasteiger partial charge in [-0.3, -0.25) is 0 Å². The van der Waals surface area contributed by atoms with Crippen molar-refractivity contribution in [3.05, 3.63) is 66.0 Å². The molecule has 0 aliphatic heterocycles. The third kappa shape index (κ3) is 5.91. The summed E-state index contributed by atoms with van der Waals surface area (Å²) in [6.45, 7) is 3.86. The second kappa shape index (κ2) is 10.9. The molecule has 3 aromatic rings. The second-order valence-corrected chi connectivity index (χ2v) is 6.69. The van der Waals surface area contributed by atoms with Crippen LogP contribution in [0.5, 0.6) is 17.2 Å². The zero-order valence-corrected chi connectivity index (χ0v) is 18.4. The Labute approximate surface area is 182 Å². The van der Waals surface area contributed by atoms with E-state index in [-0.39, 0.29) is 0 Å². The molecule has 8 nitrogen and oxygen atoms in total. The highest BCUT2D eigenvalue weighted by Crippen LogP contribution is 2.27. The number of rotatable bonds is 9. The molecule has 2 aromatic carbocycles. The predicted molar refractivity (Wildman–Crippen MR) is 121 cm³/mol. The summed E-state index contributed by atoms with van der Waals surface area (Å²) in [5, 5.41) is 11.2. The molecule has 3 rings (SSSR count). The van der Waals surface area contributed by atoms with Crippen molar-refractivity contribution < 1.29 is 14.2 Å². The fourth-order valence-electron chi connectivity index (χ4n) is 3.00. The molecule has 0 saturated heterocycles. The van der Waals surface area contributed by atoms with Gasteiger partial charge in [-0.25, -0.2) is 9.67 Å². The molecule has 8 heteroatoms. The Morgan fingerprint density at radius 3 is 2.39 bits per heavy atom. The third-order valence-corrected chi connectivity index (χ3v) is 4.63. The molecule has 0 fully saturated rings. The van der Waals surface area contributed by atoms with Crippen molar-refractivity contribution in [1.29, 1.82) is 0 Å². The number of nitrogens with zero attached hydrogens (tertiary/aromatic N) is 3. The molecule has 0 aliphatic rings. The standard InChI is InChI=1S/C23H29N5O3/c1-5-24-23(25-15-17-6-11-21(30-3)22(14-17)31-4)26-16-18-12-13-28(27-18)19-7-9-20(29-2)10-8-19/h6-14H,5,15-16H2,1-4H3,(H2,24,25,26). The van der Waals surface area contributed by atoms with Crippen LogP contribution in [0, 0.1) is 0 Å². The fraction of sp³-hybridized carbons (Fsp3) is 0.304. The average Bonchev–Trinajstić information content (AvgIpc) is 3.29. The molecule has 0 radical (unpaired) electrons. The van der Waals surface area contributed by atoms with Crippen LogP contribution in [0.3, 0.4) is 0 Å². The van der Waals surface area contributed by atoms with Crippen LogP contribution in [0.2, 0.25) is 0 Å². The first-order chi connectivity index (χ1) is 15.2. The van der Waals surface area contributed by atoms with Gasteiger partial charge in [0.15, 0.2) is 17.5 Å². The quantitative estimate of drug-likeness (QED) is 0.406. The molecule has 0 saturated carbocycles. The van der Waals surface area contributed by atoms with Crippen LogP contribution in [-0.4, -0.2) is 43.6 Å². The molecular weight excluding hydrogens is 394 g/mol. The predicted octanol–water partition coefficient (Wildman–Crippen LogP) is 3.15. The van der Waals surface area contributed by atoms with Gasteiger partial charge in [-0.15, -0.1) is 0 Å². The Kier molecular flexibility index (Phi) is 7.75. The van der Waals surface area contributed by atoms with Crippen LogP contribution in [0.1, 0.15) is 18.2 Å². The number of guanidine groups is 1. The minimum absolute atomic E-state index is 0.510. The topological polar surface area (TPSA) is 81.9 Å². The van der Waals surface area contributed by atoms with Crippen LogP contribution in [0.25, 0.3) is 5.69 Å². The molecule has 0 spiro atoms. The van der Waals surface area contributed by atoms with Crippen molar-refractivity contribution in [2.24, 2.45) is 4.99 Å². The van der Waals surface area contributed by atoms with Crippen LogP contribution in [-0.2, 0) is 13.1 Å². The van der Waals surface area contributed by atoms with E-state index in [0.717, 1.165) is 35.2 Å². The maximum absolute atomic E-state index is 5.37. The van der Waals surface area contributed by atoms with Crippen molar-refractivity contribution >= 4 is 5.96 Å². The summed E-state index contributed by atoms with van der Waals surface area (Å²) in [6.07, 6.45) is 1.94. The summed E-state index contributed by atoms with van der Waals surface area (Å²) < 4.78 is 17.7. The van der Waals surface area contributed by atoms with E-state index in [9.17, 15) is 0 Å². The van der Waals surface area contributed by atoms with Crippen molar-refractivity contribution in [1.82, 2.24) is 20.4 Å². The van der Waals surface area contributed by atoms with Gasteiger partial charge < -0.3 is 24.8 Å². The van der Waals surface area contributed by atoms with Gasteiger partial charge in [-0.05, 0) is 55.0 Å². The molecule has 0 atom stereocenters. The van der Waals surface area contributed by atoms with E-state index in [1.54, 1.807) is 21.3 Å². The van der Waals surface area contributed by atoms with Gasteiger partial charge in [0, 0.05) is 12.7 Å². The highest BCUT2D eigenvalue weighted by molar-refractivity contribution is 5.79. The van der Waals surface area contributed by atoms with E-state index < -0.39 is 0 Å². The largest absolute Gasteiger partial charge is 0.497 e. The molecule has 1 aromatic heterocycles.